The van der Waals surface area contributed by atoms with E-state index in [2.05, 4.69) is 42.9 Å². The van der Waals surface area contributed by atoms with Gasteiger partial charge >= 0.3 is 0 Å². The summed E-state index contributed by atoms with van der Waals surface area (Å²) >= 11 is 0. The van der Waals surface area contributed by atoms with Crippen LogP contribution in [0, 0.1) is 0 Å². The van der Waals surface area contributed by atoms with Crippen molar-refractivity contribution in [2.75, 3.05) is 10.7 Å². The topological polar surface area (TPSA) is 122 Å². The highest BCUT2D eigenvalue weighted by molar-refractivity contribution is 5.86. The predicted octanol–water partition coefficient (Wildman–Crippen LogP) is 0.547. The average Bonchev–Trinajstić information content (AvgIpc) is 3.10. The smallest absolute Gasteiger partial charge is 0.241 e. The minimum atomic E-state index is 0.330. The summed E-state index contributed by atoms with van der Waals surface area (Å²) in [5.41, 5.74) is 5.28. The van der Waals surface area contributed by atoms with Gasteiger partial charge in [0.05, 0.1) is 17.3 Å². The summed E-state index contributed by atoms with van der Waals surface area (Å²) in [6.45, 7) is 2.71. The Labute approximate surface area is 120 Å². The van der Waals surface area contributed by atoms with Gasteiger partial charge in [0, 0.05) is 25.4 Å². The Bertz CT molecular complexity index is 757. The number of aromatic amines is 1. The number of nitrogens with zero attached hydrogens (tertiary/aromatic N) is 5. The number of hydrogen-bond donors (Lipinski definition) is 4. The fourth-order valence-electron chi connectivity index (χ4n) is 2.24. The van der Waals surface area contributed by atoms with Crippen molar-refractivity contribution < 1.29 is 0 Å². The lowest BCUT2D eigenvalue weighted by Crippen LogP contribution is -2.12. The number of aryl methyl sites for hydroxylation is 2. The standard InChI is InChI=1S/C12H17N9/c1-3-9-7(6-21(2)20-9)4-14-10-8-5-15-19-11(8)17-12(16-10)18-13/h5-6H,3-4,13H2,1-2H3,(H3,14,15,16,17,18,19). The quantitative estimate of drug-likeness (QED) is 0.399. The first-order valence-corrected chi connectivity index (χ1v) is 6.64. The van der Waals surface area contributed by atoms with E-state index in [9.17, 15) is 0 Å². The van der Waals surface area contributed by atoms with E-state index in [1.54, 1.807) is 6.20 Å². The van der Waals surface area contributed by atoms with Gasteiger partial charge in [-0.1, -0.05) is 6.92 Å². The summed E-state index contributed by atoms with van der Waals surface area (Å²) in [7, 11) is 1.91. The summed E-state index contributed by atoms with van der Waals surface area (Å²) in [5.74, 6) is 6.39. The molecule has 9 nitrogen and oxygen atoms in total. The summed E-state index contributed by atoms with van der Waals surface area (Å²) in [5, 5.41) is 15.3. The van der Waals surface area contributed by atoms with Crippen LogP contribution in [0.25, 0.3) is 11.0 Å². The molecular weight excluding hydrogens is 270 g/mol. The highest BCUT2D eigenvalue weighted by Crippen LogP contribution is 2.20. The molecule has 3 heterocycles. The molecule has 0 aliphatic heterocycles. The molecule has 0 aliphatic rings. The molecule has 3 aromatic heterocycles. The summed E-state index contributed by atoms with van der Waals surface area (Å²) < 4.78 is 1.82. The Morgan fingerprint density at radius 1 is 1.38 bits per heavy atom. The third-order valence-electron chi connectivity index (χ3n) is 3.21. The van der Waals surface area contributed by atoms with Crippen molar-refractivity contribution in [2.45, 2.75) is 19.9 Å². The Morgan fingerprint density at radius 2 is 2.24 bits per heavy atom. The van der Waals surface area contributed by atoms with Crippen molar-refractivity contribution in [3.8, 4) is 0 Å². The number of hydrogen-bond acceptors (Lipinski definition) is 7. The second-order valence-corrected chi connectivity index (χ2v) is 4.65. The van der Waals surface area contributed by atoms with Gasteiger partial charge in [-0.05, 0) is 6.42 Å². The molecule has 3 rings (SSSR count). The zero-order valence-electron chi connectivity index (χ0n) is 11.9. The van der Waals surface area contributed by atoms with Gasteiger partial charge in [-0.15, -0.1) is 0 Å². The number of nitrogen functional groups attached to an aromatic ring is 1. The Hall–Kier alpha value is -2.68. The zero-order chi connectivity index (χ0) is 14.8. The monoisotopic (exact) mass is 287 g/mol. The maximum atomic E-state index is 5.38. The normalized spacial score (nSPS) is 11.0. The van der Waals surface area contributed by atoms with E-state index in [0.29, 0.717) is 24.0 Å². The Balaban J connectivity index is 1.89. The third-order valence-corrected chi connectivity index (χ3v) is 3.21. The van der Waals surface area contributed by atoms with Crippen LogP contribution in [0.3, 0.4) is 0 Å². The van der Waals surface area contributed by atoms with E-state index in [-0.39, 0.29) is 0 Å². The molecule has 21 heavy (non-hydrogen) atoms. The van der Waals surface area contributed by atoms with Crippen LogP contribution in [-0.2, 0) is 20.0 Å². The highest BCUT2D eigenvalue weighted by atomic mass is 15.3. The number of fused-ring (bicyclic) bond motifs is 1. The van der Waals surface area contributed by atoms with Gasteiger partial charge in [0.15, 0.2) is 5.65 Å². The van der Waals surface area contributed by atoms with Gasteiger partial charge in [0.25, 0.3) is 0 Å². The van der Waals surface area contributed by atoms with Gasteiger partial charge in [0.2, 0.25) is 5.95 Å². The van der Waals surface area contributed by atoms with E-state index in [4.69, 9.17) is 5.84 Å². The molecule has 0 atom stereocenters. The molecule has 0 saturated heterocycles. The third kappa shape index (κ3) is 2.50. The first-order chi connectivity index (χ1) is 10.2. The molecule has 5 N–H and O–H groups in total. The van der Waals surface area contributed by atoms with Crippen molar-refractivity contribution >= 4 is 22.8 Å². The number of anilines is 2. The lowest BCUT2D eigenvalue weighted by Gasteiger charge is -2.07. The Kier molecular flexibility index (Phi) is 3.40. The van der Waals surface area contributed by atoms with Crippen molar-refractivity contribution in [1.82, 2.24) is 29.9 Å². The van der Waals surface area contributed by atoms with E-state index < -0.39 is 0 Å². The van der Waals surface area contributed by atoms with Gasteiger partial charge in [-0.3, -0.25) is 15.2 Å². The number of nitrogens with two attached hydrogens (primary N) is 1. The van der Waals surface area contributed by atoms with Crippen molar-refractivity contribution in [3.05, 3.63) is 23.7 Å². The number of nitrogens with one attached hydrogen (secondary N) is 3. The molecule has 0 fully saturated rings. The van der Waals surface area contributed by atoms with E-state index in [1.807, 2.05) is 17.9 Å². The maximum absolute atomic E-state index is 5.38. The number of hydrazine groups is 1. The van der Waals surface area contributed by atoms with Gasteiger partial charge in [-0.25, -0.2) is 5.84 Å². The number of rotatable bonds is 5. The fraction of sp³-hybridized carbons (Fsp3) is 0.333. The second kappa shape index (κ2) is 5.37. The molecule has 0 bridgehead atoms. The van der Waals surface area contributed by atoms with E-state index in [0.717, 1.165) is 23.1 Å². The van der Waals surface area contributed by atoms with Crippen molar-refractivity contribution in [1.29, 1.82) is 0 Å². The first kappa shape index (κ1) is 13.3. The molecule has 0 spiro atoms. The molecule has 0 saturated carbocycles. The lowest BCUT2D eigenvalue weighted by molar-refractivity contribution is 0.746. The van der Waals surface area contributed by atoms with Crippen LogP contribution in [0.4, 0.5) is 11.8 Å². The van der Waals surface area contributed by atoms with Gasteiger partial charge < -0.3 is 5.32 Å². The minimum absolute atomic E-state index is 0.330. The Morgan fingerprint density at radius 3 is 3.00 bits per heavy atom. The average molecular weight is 287 g/mol. The molecule has 9 heteroatoms. The molecule has 0 unspecified atom stereocenters. The largest absolute Gasteiger partial charge is 0.365 e. The van der Waals surface area contributed by atoms with E-state index >= 15 is 0 Å². The molecule has 0 aromatic carbocycles. The van der Waals surface area contributed by atoms with Crippen LogP contribution >= 0.6 is 0 Å². The second-order valence-electron chi connectivity index (χ2n) is 4.65. The predicted molar refractivity (Wildman–Crippen MR) is 79.4 cm³/mol. The molecule has 110 valence electrons. The fourth-order valence-corrected chi connectivity index (χ4v) is 2.24. The summed E-state index contributed by atoms with van der Waals surface area (Å²) in [6, 6.07) is 0. The van der Waals surface area contributed by atoms with Crippen LogP contribution in [0.5, 0.6) is 0 Å². The minimum Gasteiger partial charge on any atom is -0.365 e. The molecule has 0 amide bonds. The SMILES string of the molecule is CCc1nn(C)cc1CNc1nc(NN)nc2[nH]ncc12. The van der Waals surface area contributed by atoms with Gasteiger partial charge in [0.1, 0.15) is 5.82 Å². The van der Waals surface area contributed by atoms with E-state index in [1.165, 1.54) is 0 Å². The molecule has 0 aliphatic carbocycles. The van der Waals surface area contributed by atoms with Crippen LogP contribution in [0.15, 0.2) is 12.4 Å². The molecule has 3 aromatic rings. The lowest BCUT2D eigenvalue weighted by atomic mass is 10.2. The molecular formula is C12H17N9. The number of aromatic nitrogens is 6. The van der Waals surface area contributed by atoms with Crippen LogP contribution < -0.4 is 16.6 Å². The number of H-pyrrole nitrogens is 1. The molecule has 0 radical (unpaired) electrons. The van der Waals surface area contributed by atoms with Crippen LogP contribution in [0.2, 0.25) is 0 Å². The van der Waals surface area contributed by atoms with Crippen molar-refractivity contribution in [2.24, 2.45) is 12.9 Å². The zero-order valence-corrected chi connectivity index (χ0v) is 11.9. The van der Waals surface area contributed by atoms with Crippen LogP contribution in [-0.4, -0.2) is 29.9 Å². The maximum Gasteiger partial charge on any atom is 0.241 e. The van der Waals surface area contributed by atoms with Crippen molar-refractivity contribution in [3.63, 3.8) is 0 Å². The van der Waals surface area contributed by atoms with Crippen LogP contribution in [0.1, 0.15) is 18.2 Å². The van der Waals surface area contributed by atoms with Gasteiger partial charge in [-0.2, -0.15) is 20.2 Å². The highest BCUT2D eigenvalue weighted by Gasteiger charge is 2.11. The first-order valence-electron chi connectivity index (χ1n) is 6.64. The summed E-state index contributed by atoms with van der Waals surface area (Å²) in [6.07, 6.45) is 4.57. The summed E-state index contributed by atoms with van der Waals surface area (Å²) in [4.78, 5) is 8.51.